The maximum Gasteiger partial charge on any atom is 0.313 e. The number of carbonyl (C=O) groups excluding carboxylic acids is 2. The Morgan fingerprint density at radius 1 is 1.50 bits per heavy atom. The van der Waals surface area contributed by atoms with Crippen LogP contribution >= 0.6 is 15.9 Å². The predicted octanol–water partition coefficient (Wildman–Crippen LogP) is 3.28. The number of hydrogen-bond donors (Lipinski definition) is 0. The summed E-state index contributed by atoms with van der Waals surface area (Å²) in [5.41, 5.74) is 0.219. The van der Waals surface area contributed by atoms with Gasteiger partial charge in [-0.05, 0) is 18.2 Å². The minimum Gasteiger partial charge on any atom is -0.457 e. The molecule has 1 aliphatic carbocycles. The zero-order valence-corrected chi connectivity index (χ0v) is 11.0. The first-order valence-corrected chi connectivity index (χ1v) is 6.00. The van der Waals surface area contributed by atoms with Gasteiger partial charge in [0.2, 0.25) is 5.78 Å². The first-order valence-electron chi connectivity index (χ1n) is 5.20. The van der Waals surface area contributed by atoms with E-state index in [9.17, 15) is 18.4 Å². The van der Waals surface area contributed by atoms with Crippen LogP contribution in [0, 0.1) is 0 Å². The van der Waals surface area contributed by atoms with Crippen molar-refractivity contribution in [3.05, 3.63) is 33.8 Å². The summed E-state index contributed by atoms with van der Waals surface area (Å²) in [6.45, 7) is 1.15. The lowest BCUT2D eigenvalue weighted by molar-refractivity contribution is -0.150. The summed E-state index contributed by atoms with van der Waals surface area (Å²) in [5, 5.41) is 0. The average molecular weight is 319 g/mol. The number of rotatable bonds is 1. The van der Waals surface area contributed by atoms with Crippen molar-refractivity contribution in [3.63, 3.8) is 0 Å². The van der Waals surface area contributed by atoms with Crippen molar-refractivity contribution in [2.24, 2.45) is 0 Å². The van der Waals surface area contributed by atoms with E-state index in [1.165, 1.54) is 18.2 Å². The second-order valence-corrected chi connectivity index (χ2v) is 4.98. The normalized spacial score (nSPS) is 21.3. The van der Waals surface area contributed by atoms with E-state index in [0.29, 0.717) is 10.0 Å². The maximum atomic E-state index is 13.5. The lowest BCUT2D eigenvalue weighted by atomic mass is 9.86. The molecule has 18 heavy (non-hydrogen) atoms. The van der Waals surface area contributed by atoms with E-state index in [4.69, 9.17) is 4.74 Å². The highest BCUT2D eigenvalue weighted by molar-refractivity contribution is 9.10. The zero-order chi connectivity index (χ0) is 13.5. The van der Waals surface area contributed by atoms with Gasteiger partial charge in [0.25, 0.3) is 0 Å². The van der Waals surface area contributed by atoms with E-state index in [2.05, 4.69) is 15.9 Å². The number of alkyl halides is 2. The van der Waals surface area contributed by atoms with Crippen molar-refractivity contribution < 1.29 is 23.1 Å². The number of fused-ring (bicyclic) bond motifs is 1. The third-order valence-electron chi connectivity index (χ3n) is 2.69. The molecule has 0 saturated heterocycles. The number of ether oxygens (including phenoxy) is 1. The van der Waals surface area contributed by atoms with Crippen LogP contribution in [-0.4, -0.2) is 17.7 Å². The van der Waals surface area contributed by atoms with E-state index in [0.717, 1.165) is 6.92 Å². The van der Waals surface area contributed by atoms with Gasteiger partial charge in [0, 0.05) is 22.5 Å². The van der Waals surface area contributed by atoms with Gasteiger partial charge < -0.3 is 4.74 Å². The fraction of sp³-hybridized carbons (Fsp3) is 0.333. The highest BCUT2D eigenvalue weighted by Crippen LogP contribution is 2.41. The first kappa shape index (κ1) is 13.1. The van der Waals surface area contributed by atoms with Crippen LogP contribution in [0.3, 0.4) is 0 Å². The summed E-state index contributed by atoms with van der Waals surface area (Å²) < 4.78 is 32.6. The van der Waals surface area contributed by atoms with Crippen LogP contribution in [-0.2, 0) is 9.53 Å². The third kappa shape index (κ3) is 2.29. The largest absolute Gasteiger partial charge is 0.457 e. The molecule has 0 saturated carbocycles. The zero-order valence-electron chi connectivity index (χ0n) is 9.38. The van der Waals surface area contributed by atoms with Crippen LogP contribution in [0.25, 0.3) is 0 Å². The minimum absolute atomic E-state index is 0.0966. The van der Waals surface area contributed by atoms with Gasteiger partial charge in [0.1, 0.15) is 6.10 Å². The topological polar surface area (TPSA) is 43.4 Å². The monoisotopic (exact) mass is 318 g/mol. The molecule has 0 heterocycles. The smallest absolute Gasteiger partial charge is 0.313 e. The van der Waals surface area contributed by atoms with E-state index in [-0.39, 0.29) is 5.56 Å². The van der Waals surface area contributed by atoms with Crippen LogP contribution < -0.4 is 0 Å². The Kier molecular flexibility index (Phi) is 3.23. The van der Waals surface area contributed by atoms with Gasteiger partial charge in [0.15, 0.2) is 0 Å². The molecule has 1 atom stereocenters. The molecule has 0 N–H and O–H groups in total. The molecule has 3 nitrogen and oxygen atoms in total. The molecule has 96 valence electrons. The second kappa shape index (κ2) is 4.42. The second-order valence-electron chi connectivity index (χ2n) is 4.07. The summed E-state index contributed by atoms with van der Waals surface area (Å²) in [6.07, 6.45) is -1.91. The van der Waals surface area contributed by atoms with Crippen molar-refractivity contribution in [1.29, 1.82) is 0 Å². The molecule has 0 amide bonds. The Morgan fingerprint density at radius 2 is 2.17 bits per heavy atom. The van der Waals surface area contributed by atoms with Crippen LogP contribution in [0.5, 0.6) is 0 Å². The van der Waals surface area contributed by atoms with Gasteiger partial charge in [-0.1, -0.05) is 15.9 Å². The number of ketones is 1. The van der Waals surface area contributed by atoms with E-state index >= 15 is 0 Å². The SMILES string of the molecule is CC(=O)OC1CC(F)(F)C(=O)c2ccc(Br)cc21. The van der Waals surface area contributed by atoms with Crippen LogP contribution in [0.4, 0.5) is 8.78 Å². The van der Waals surface area contributed by atoms with Gasteiger partial charge in [-0.15, -0.1) is 0 Å². The molecule has 6 heteroatoms. The quantitative estimate of drug-likeness (QED) is 0.746. The molecule has 0 spiro atoms. The Labute approximate surface area is 110 Å². The Hall–Kier alpha value is -1.30. The van der Waals surface area contributed by atoms with Crippen molar-refractivity contribution >= 4 is 27.7 Å². The summed E-state index contributed by atoms with van der Waals surface area (Å²) in [7, 11) is 0. The highest BCUT2D eigenvalue weighted by Gasteiger charge is 2.48. The average Bonchev–Trinajstić information content (AvgIpc) is 2.24. The lowest BCUT2D eigenvalue weighted by Gasteiger charge is -2.29. The summed E-state index contributed by atoms with van der Waals surface area (Å²) >= 11 is 3.19. The van der Waals surface area contributed by atoms with Gasteiger partial charge in [0.05, 0.1) is 6.42 Å². The van der Waals surface area contributed by atoms with Crippen LogP contribution in [0.2, 0.25) is 0 Å². The number of hydrogen-bond acceptors (Lipinski definition) is 3. The number of halogens is 3. The van der Waals surface area contributed by atoms with Crippen LogP contribution in [0.1, 0.15) is 35.4 Å². The molecule has 1 unspecified atom stereocenters. The fourth-order valence-electron chi connectivity index (χ4n) is 1.94. The van der Waals surface area contributed by atoms with Gasteiger partial charge in [-0.25, -0.2) is 0 Å². The number of carbonyl (C=O) groups is 2. The molecule has 0 fully saturated rings. The van der Waals surface area contributed by atoms with Crippen LogP contribution in [0.15, 0.2) is 22.7 Å². The van der Waals surface area contributed by atoms with Crippen molar-refractivity contribution in [2.45, 2.75) is 25.4 Å². The molecule has 1 aliphatic rings. The number of esters is 1. The van der Waals surface area contributed by atoms with Gasteiger partial charge >= 0.3 is 11.9 Å². The van der Waals surface area contributed by atoms with Crippen molar-refractivity contribution in [2.75, 3.05) is 0 Å². The predicted molar refractivity (Wildman–Crippen MR) is 62.5 cm³/mol. The standard InChI is InChI=1S/C12H9BrF2O3/c1-6(16)18-10-5-12(14,15)11(17)8-3-2-7(13)4-9(8)10/h2-4,10H,5H2,1H3. The lowest BCUT2D eigenvalue weighted by Crippen LogP contribution is -2.37. The first-order chi connectivity index (χ1) is 8.31. The minimum atomic E-state index is -3.50. The van der Waals surface area contributed by atoms with Crippen molar-refractivity contribution in [3.8, 4) is 0 Å². The van der Waals surface area contributed by atoms with E-state index in [1.54, 1.807) is 0 Å². The Morgan fingerprint density at radius 3 is 2.78 bits per heavy atom. The molecule has 2 rings (SSSR count). The molecular formula is C12H9BrF2O3. The van der Waals surface area contributed by atoms with E-state index in [1.807, 2.05) is 0 Å². The molecule has 0 bridgehead atoms. The van der Waals surface area contributed by atoms with Gasteiger partial charge in [-0.3, -0.25) is 9.59 Å². The molecule has 1 aromatic rings. The number of Topliss-reactive ketones (excluding diaryl/α,β-unsaturated/α-hetero) is 1. The van der Waals surface area contributed by atoms with Gasteiger partial charge in [-0.2, -0.15) is 8.78 Å². The molecule has 0 radical (unpaired) electrons. The molecule has 0 aliphatic heterocycles. The summed E-state index contributed by atoms with van der Waals surface area (Å²) in [4.78, 5) is 22.5. The fourth-order valence-corrected chi connectivity index (χ4v) is 2.32. The molecular weight excluding hydrogens is 310 g/mol. The van der Waals surface area contributed by atoms with E-state index < -0.39 is 30.2 Å². The highest BCUT2D eigenvalue weighted by atomic mass is 79.9. The Bertz CT molecular complexity index is 528. The Balaban J connectivity index is 2.52. The molecule has 0 aromatic heterocycles. The maximum absolute atomic E-state index is 13.5. The van der Waals surface area contributed by atoms with Crippen molar-refractivity contribution in [1.82, 2.24) is 0 Å². The summed E-state index contributed by atoms with van der Waals surface area (Å²) in [6, 6.07) is 4.34. The number of benzene rings is 1. The summed E-state index contributed by atoms with van der Waals surface area (Å²) in [5.74, 6) is -5.38. The third-order valence-corrected chi connectivity index (χ3v) is 3.18. The molecule has 1 aromatic carbocycles.